The van der Waals surface area contributed by atoms with Crippen molar-refractivity contribution in [2.75, 3.05) is 18.9 Å². The van der Waals surface area contributed by atoms with Crippen LogP contribution in [0.15, 0.2) is 34.9 Å². The number of fused-ring (bicyclic) bond motifs is 4. The van der Waals surface area contributed by atoms with Gasteiger partial charge in [-0.25, -0.2) is 9.97 Å². The standard InChI is InChI=1S/C22H21BrN4O3/c1-2-27(20-11-29-8-12-5-13(23)3-4-14(12)20)22(28)18-6-15-16-9-30-10-17(16)21(24)26-19(15)7-25-18/h3-7,20H,2,8-11H2,1H3,(H2,24,26)/t20-/m1/s1. The van der Waals surface area contributed by atoms with E-state index in [2.05, 4.69) is 32.0 Å². The number of aromatic nitrogens is 2. The number of amides is 1. The number of anilines is 1. The zero-order chi connectivity index (χ0) is 20.8. The second-order valence-corrected chi connectivity index (χ2v) is 8.41. The average molecular weight is 469 g/mol. The summed E-state index contributed by atoms with van der Waals surface area (Å²) < 4.78 is 12.4. The highest BCUT2D eigenvalue weighted by Gasteiger charge is 2.31. The summed E-state index contributed by atoms with van der Waals surface area (Å²) in [4.78, 5) is 24.1. The summed E-state index contributed by atoms with van der Waals surface area (Å²) in [5.41, 5.74) is 11.2. The van der Waals surface area contributed by atoms with Gasteiger partial charge in [0.1, 0.15) is 11.5 Å². The number of pyridine rings is 2. The number of ether oxygens (including phenoxy) is 2. The smallest absolute Gasteiger partial charge is 0.273 e. The van der Waals surface area contributed by atoms with Gasteiger partial charge in [0.05, 0.1) is 44.2 Å². The summed E-state index contributed by atoms with van der Waals surface area (Å²) in [6.45, 7) is 4.44. The molecule has 0 bridgehead atoms. The SMILES string of the molecule is CCN(C(=O)c1cc2c3c(c(N)nc2cn1)COC3)[C@@H]1COCc2cc(Br)ccc21. The molecule has 0 saturated carbocycles. The number of hydrogen-bond donors (Lipinski definition) is 1. The first kappa shape index (κ1) is 19.4. The van der Waals surface area contributed by atoms with E-state index in [1.165, 1.54) is 0 Å². The van der Waals surface area contributed by atoms with Crippen LogP contribution >= 0.6 is 15.9 Å². The van der Waals surface area contributed by atoms with E-state index in [1.54, 1.807) is 6.20 Å². The van der Waals surface area contributed by atoms with Crippen LogP contribution in [0.25, 0.3) is 10.9 Å². The predicted octanol–water partition coefficient (Wildman–Crippen LogP) is 3.74. The molecule has 0 fully saturated rings. The topological polar surface area (TPSA) is 90.6 Å². The van der Waals surface area contributed by atoms with E-state index in [0.717, 1.165) is 32.1 Å². The molecule has 2 aromatic heterocycles. The van der Waals surface area contributed by atoms with Crippen LogP contribution in [0.1, 0.15) is 45.7 Å². The fourth-order valence-electron chi connectivity index (χ4n) is 4.30. The van der Waals surface area contributed by atoms with E-state index in [9.17, 15) is 4.79 Å². The van der Waals surface area contributed by atoms with Gasteiger partial charge in [-0.1, -0.05) is 22.0 Å². The Morgan fingerprint density at radius 1 is 1.23 bits per heavy atom. The Labute approximate surface area is 182 Å². The summed E-state index contributed by atoms with van der Waals surface area (Å²) >= 11 is 3.51. The molecule has 1 amide bonds. The lowest BCUT2D eigenvalue weighted by Crippen LogP contribution is -2.39. The first-order valence-corrected chi connectivity index (χ1v) is 10.7. The molecule has 2 aliphatic rings. The molecule has 30 heavy (non-hydrogen) atoms. The molecular formula is C22H21BrN4O3. The Hall–Kier alpha value is -2.55. The van der Waals surface area contributed by atoms with Gasteiger partial charge in [-0.3, -0.25) is 4.79 Å². The van der Waals surface area contributed by atoms with Crippen LogP contribution in [0.5, 0.6) is 0 Å². The lowest BCUT2D eigenvalue weighted by atomic mass is 9.97. The summed E-state index contributed by atoms with van der Waals surface area (Å²) in [5.74, 6) is 0.335. The minimum Gasteiger partial charge on any atom is -0.383 e. The lowest BCUT2D eigenvalue weighted by Gasteiger charge is -2.35. The fourth-order valence-corrected chi connectivity index (χ4v) is 4.71. The largest absolute Gasteiger partial charge is 0.383 e. The minimum atomic E-state index is -0.157. The number of hydrogen-bond acceptors (Lipinski definition) is 6. The van der Waals surface area contributed by atoms with Crippen LogP contribution < -0.4 is 5.73 Å². The molecule has 154 valence electrons. The molecule has 0 spiro atoms. The molecule has 2 aliphatic heterocycles. The Bertz CT molecular complexity index is 1170. The molecule has 3 aromatic rings. The van der Waals surface area contributed by atoms with Crippen LogP contribution in [0.2, 0.25) is 0 Å². The quantitative estimate of drug-likeness (QED) is 0.629. The highest BCUT2D eigenvalue weighted by Crippen LogP contribution is 2.34. The third-order valence-electron chi connectivity index (χ3n) is 5.81. The first-order chi connectivity index (χ1) is 14.6. The molecule has 7 nitrogen and oxygen atoms in total. The molecule has 0 saturated heterocycles. The number of nitrogens with zero attached hydrogens (tertiary/aromatic N) is 3. The van der Waals surface area contributed by atoms with Gasteiger partial charge < -0.3 is 20.1 Å². The molecule has 8 heteroatoms. The van der Waals surface area contributed by atoms with Crippen molar-refractivity contribution in [3.63, 3.8) is 0 Å². The van der Waals surface area contributed by atoms with Gasteiger partial charge in [0.15, 0.2) is 0 Å². The number of nitrogen functional groups attached to an aromatic ring is 1. The van der Waals surface area contributed by atoms with Gasteiger partial charge in [-0.05, 0) is 41.8 Å². The number of benzene rings is 1. The van der Waals surface area contributed by atoms with Gasteiger partial charge in [0.2, 0.25) is 0 Å². The average Bonchev–Trinajstić information content (AvgIpc) is 3.25. The maximum Gasteiger partial charge on any atom is 0.273 e. The van der Waals surface area contributed by atoms with Crippen molar-refractivity contribution in [2.45, 2.75) is 32.8 Å². The summed E-state index contributed by atoms with van der Waals surface area (Å²) in [6.07, 6.45) is 1.62. The van der Waals surface area contributed by atoms with E-state index < -0.39 is 0 Å². The van der Waals surface area contributed by atoms with Gasteiger partial charge in [0.25, 0.3) is 5.91 Å². The van der Waals surface area contributed by atoms with Crippen molar-refractivity contribution < 1.29 is 14.3 Å². The van der Waals surface area contributed by atoms with Crippen molar-refractivity contribution in [3.05, 3.63) is 62.9 Å². The number of halogens is 1. The fraction of sp³-hybridized carbons (Fsp3) is 0.318. The number of rotatable bonds is 3. The number of likely N-dealkylation sites (N-methyl/N-ethyl adjacent to an activating group) is 1. The molecule has 0 unspecified atom stereocenters. The van der Waals surface area contributed by atoms with Crippen LogP contribution in [-0.4, -0.2) is 33.9 Å². The third kappa shape index (κ3) is 3.15. The van der Waals surface area contributed by atoms with E-state index in [4.69, 9.17) is 15.2 Å². The van der Waals surface area contributed by atoms with Crippen LogP contribution in [0.3, 0.4) is 0 Å². The van der Waals surface area contributed by atoms with E-state index in [1.807, 2.05) is 30.0 Å². The molecular weight excluding hydrogens is 448 g/mol. The molecule has 0 radical (unpaired) electrons. The minimum absolute atomic E-state index is 0.131. The molecule has 5 rings (SSSR count). The first-order valence-electron chi connectivity index (χ1n) is 9.88. The normalized spacial score (nSPS) is 17.6. The Morgan fingerprint density at radius 3 is 2.90 bits per heavy atom. The van der Waals surface area contributed by atoms with E-state index in [-0.39, 0.29) is 11.9 Å². The zero-order valence-corrected chi connectivity index (χ0v) is 18.1. The van der Waals surface area contributed by atoms with Crippen molar-refractivity contribution in [1.29, 1.82) is 0 Å². The molecule has 4 heterocycles. The lowest BCUT2D eigenvalue weighted by molar-refractivity contribution is 0.0282. The van der Waals surface area contributed by atoms with E-state index in [0.29, 0.717) is 50.0 Å². The maximum absolute atomic E-state index is 13.5. The Balaban J connectivity index is 1.54. The second-order valence-electron chi connectivity index (χ2n) is 7.50. The molecule has 1 atom stereocenters. The highest BCUT2D eigenvalue weighted by atomic mass is 79.9. The van der Waals surface area contributed by atoms with Crippen LogP contribution in [0, 0.1) is 0 Å². The van der Waals surface area contributed by atoms with Crippen LogP contribution in [0.4, 0.5) is 5.82 Å². The van der Waals surface area contributed by atoms with E-state index >= 15 is 0 Å². The van der Waals surface area contributed by atoms with Crippen LogP contribution in [-0.2, 0) is 29.3 Å². The number of carbonyl (C=O) groups excluding carboxylic acids is 1. The summed E-state index contributed by atoms with van der Waals surface area (Å²) in [7, 11) is 0. The maximum atomic E-state index is 13.5. The third-order valence-corrected chi connectivity index (χ3v) is 6.30. The van der Waals surface area contributed by atoms with Crippen molar-refractivity contribution in [1.82, 2.24) is 14.9 Å². The highest BCUT2D eigenvalue weighted by molar-refractivity contribution is 9.10. The monoisotopic (exact) mass is 468 g/mol. The van der Waals surface area contributed by atoms with Gasteiger partial charge in [0, 0.05) is 22.0 Å². The van der Waals surface area contributed by atoms with Gasteiger partial charge in [-0.15, -0.1) is 0 Å². The van der Waals surface area contributed by atoms with Crippen molar-refractivity contribution in [2.24, 2.45) is 0 Å². The Kier molecular flexibility index (Phi) is 4.92. The Morgan fingerprint density at radius 2 is 2.07 bits per heavy atom. The molecule has 1 aromatic carbocycles. The van der Waals surface area contributed by atoms with Gasteiger partial charge in [-0.2, -0.15) is 0 Å². The van der Waals surface area contributed by atoms with Crippen molar-refractivity contribution in [3.8, 4) is 0 Å². The van der Waals surface area contributed by atoms with Crippen molar-refractivity contribution >= 4 is 38.6 Å². The summed E-state index contributed by atoms with van der Waals surface area (Å²) in [5, 5.41) is 0.871. The second kappa shape index (κ2) is 7.61. The number of carbonyl (C=O) groups is 1. The van der Waals surface area contributed by atoms with Gasteiger partial charge >= 0.3 is 0 Å². The summed E-state index contributed by atoms with van der Waals surface area (Å²) in [6, 6.07) is 7.77. The molecule has 0 aliphatic carbocycles. The predicted molar refractivity (Wildman–Crippen MR) is 116 cm³/mol. The molecule has 2 N–H and O–H groups in total. The zero-order valence-electron chi connectivity index (χ0n) is 16.5. The number of nitrogens with two attached hydrogens (primary N) is 1.